The fourth-order valence-corrected chi connectivity index (χ4v) is 4.24. The molecule has 31 heavy (non-hydrogen) atoms. The molecule has 0 saturated heterocycles. The molecule has 0 aromatic heterocycles. The highest BCUT2D eigenvalue weighted by Gasteiger charge is 2.25. The molecule has 1 unspecified atom stereocenters. The lowest BCUT2D eigenvalue weighted by Gasteiger charge is -2.29. The van der Waals surface area contributed by atoms with Crippen molar-refractivity contribution in [1.82, 2.24) is 10.2 Å². The van der Waals surface area contributed by atoms with Crippen LogP contribution in [-0.2, 0) is 21.9 Å². The van der Waals surface area contributed by atoms with Gasteiger partial charge in [0.1, 0.15) is 11.9 Å². The summed E-state index contributed by atoms with van der Waals surface area (Å²) in [5, 5.41) is 2.91. The van der Waals surface area contributed by atoms with Crippen LogP contribution in [0.4, 0.5) is 4.39 Å². The molecule has 0 aliphatic heterocycles. The number of aryl methyl sites for hydroxylation is 2. The number of rotatable bonds is 11. The topological polar surface area (TPSA) is 49.4 Å². The van der Waals surface area contributed by atoms with E-state index in [9.17, 15) is 14.0 Å². The Morgan fingerprint density at radius 3 is 2.32 bits per heavy atom. The summed E-state index contributed by atoms with van der Waals surface area (Å²) in [5.41, 5.74) is 4.39. The molecule has 0 spiro atoms. The Morgan fingerprint density at radius 2 is 1.71 bits per heavy atom. The van der Waals surface area contributed by atoms with Gasteiger partial charge in [-0.2, -0.15) is 0 Å². The van der Waals surface area contributed by atoms with Crippen LogP contribution in [0.25, 0.3) is 0 Å². The molecule has 1 atom stereocenters. The first-order valence-electron chi connectivity index (χ1n) is 10.8. The summed E-state index contributed by atoms with van der Waals surface area (Å²) in [6.45, 7) is 8.81. The van der Waals surface area contributed by atoms with Gasteiger partial charge in [-0.15, -0.1) is 11.8 Å². The van der Waals surface area contributed by atoms with Gasteiger partial charge in [0.15, 0.2) is 0 Å². The fourth-order valence-electron chi connectivity index (χ4n) is 3.40. The third-order valence-corrected chi connectivity index (χ3v) is 6.03. The first-order chi connectivity index (χ1) is 14.8. The van der Waals surface area contributed by atoms with E-state index in [4.69, 9.17) is 0 Å². The smallest absolute Gasteiger partial charge is 0.242 e. The zero-order chi connectivity index (χ0) is 22.8. The van der Waals surface area contributed by atoms with Crippen molar-refractivity contribution in [3.8, 4) is 0 Å². The molecule has 6 heteroatoms. The zero-order valence-electron chi connectivity index (χ0n) is 18.9. The Morgan fingerprint density at radius 1 is 1.06 bits per heavy atom. The lowest BCUT2D eigenvalue weighted by atomic mass is 10.1. The van der Waals surface area contributed by atoms with E-state index in [0.29, 0.717) is 6.54 Å². The lowest BCUT2D eigenvalue weighted by molar-refractivity contribution is -0.138. The van der Waals surface area contributed by atoms with Gasteiger partial charge in [0, 0.05) is 18.8 Å². The zero-order valence-corrected chi connectivity index (χ0v) is 19.7. The minimum absolute atomic E-state index is 0.100. The molecular weight excluding hydrogens is 411 g/mol. The molecule has 1 N–H and O–H groups in total. The highest BCUT2D eigenvalue weighted by atomic mass is 32.2. The summed E-state index contributed by atoms with van der Waals surface area (Å²) in [6.07, 6.45) is 1.89. The van der Waals surface area contributed by atoms with Crippen molar-refractivity contribution in [3.63, 3.8) is 0 Å². The molecule has 0 saturated carbocycles. The number of halogens is 1. The summed E-state index contributed by atoms with van der Waals surface area (Å²) in [5.74, 6) is 0.423. The predicted molar refractivity (Wildman–Crippen MR) is 126 cm³/mol. The number of nitrogens with zero attached hydrogens (tertiary/aromatic N) is 1. The molecule has 0 radical (unpaired) electrons. The molecule has 0 heterocycles. The molecule has 2 amide bonds. The van der Waals surface area contributed by atoms with Gasteiger partial charge >= 0.3 is 0 Å². The Kier molecular flexibility index (Phi) is 10.0. The van der Waals surface area contributed by atoms with Crippen molar-refractivity contribution in [2.24, 2.45) is 0 Å². The van der Waals surface area contributed by atoms with Gasteiger partial charge < -0.3 is 10.2 Å². The molecule has 0 fully saturated rings. The molecule has 2 aromatic carbocycles. The van der Waals surface area contributed by atoms with E-state index in [-0.39, 0.29) is 29.9 Å². The highest BCUT2D eigenvalue weighted by molar-refractivity contribution is 7.99. The number of carbonyl (C=O) groups excluding carboxylic acids is 2. The molecule has 2 rings (SSSR count). The monoisotopic (exact) mass is 444 g/mol. The van der Waals surface area contributed by atoms with Crippen molar-refractivity contribution < 1.29 is 14.0 Å². The van der Waals surface area contributed by atoms with Crippen LogP contribution < -0.4 is 5.32 Å². The number of carbonyl (C=O) groups is 2. The van der Waals surface area contributed by atoms with E-state index in [1.807, 2.05) is 0 Å². The average Bonchev–Trinajstić information content (AvgIpc) is 2.72. The first kappa shape index (κ1) is 24.9. The maximum absolute atomic E-state index is 13.3. The largest absolute Gasteiger partial charge is 0.354 e. The van der Waals surface area contributed by atoms with Crippen molar-refractivity contribution >= 4 is 23.6 Å². The number of hydrogen-bond donors (Lipinski definition) is 1. The van der Waals surface area contributed by atoms with Crippen LogP contribution in [0.5, 0.6) is 0 Å². The van der Waals surface area contributed by atoms with E-state index >= 15 is 0 Å². The summed E-state index contributed by atoms with van der Waals surface area (Å²) in [6, 6.07) is 11.8. The quantitative estimate of drug-likeness (QED) is 0.496. The number of amides is 2. The van der Waals surface area contributed by atoms with E-state index in [0.717, 1.165) is 24.2 Å². The number of nitrogens with one attached hydrogen (secondary N) is 1. The number of hydrogen-bond acceptors (Lipinski definition) is 3. The summed E-state index contributed by atoms with van der Waals surface area (Å²) in [7, 11) is 0. The van der Waals surface area contributed by atoms with Gasteiger partial charge in [-0.25, -0.2) is 4.39 Å². The van der Waals surface area contributed by atoms with E-state index in [1.165, 1.54) is 28.8 Å². The molecule has 0 aliphatic carbocycles. The second-order valence-corrected chi connectivity index (χ2v) is 8.94. The summed E-state index contributed by atoms with van der Waals surface area (Å²) >= 11 is 1.54. The fraction of sp³-hybridized carbons (Fsp3) is 0.440. The minimum atomic E-state index is -0.601. The van der Waals surface area contributed by atoms with Crippen LogP contribution >= 0.6 is 11.8 Å². The van der Waals surface area contributed by atoms with Gasteiger partial charge in [0.05, 0.1) is 5.75 Å². The highest BCUT2D eigenvalue weighted by Crippen LogP contribution is 2.18. The molecule has 0 aliphatic rings. The van der Waals surface area contributed by atoms with Gasteiger partial charge in [0.2, 0.25) is 11.8 Å². The second kappa shape index (κ2) is 12.5. The maximum Gasteiger partial charge on any atom is 0.242 e. The summed E-state index contributed by atoms with van der Waals surface area (Å²) in [4.78, 5) is 27.3. The van der Waals surface area contributed by atoms with Crippen LogP contribution in [0.1, 0.15) is 48.9 Å². The molecular formula is C25H33FN2O2S. The molecule has 168 valence electrons. The van der Waals surface area contributed by atoms with E-state index in [1.54, 1.807) is 35.7 Å². The van der Waals surface area contributed by atoms with E-state index in [2.05, 4.69) is 44.3 Å². The van der Waals surface area contributed by atoms with Gasteiger partial charge in [-0.1, -0.05) is 54.8 Å². The Hall–Kier alpha value is -2.34. The van der Waals surface area contributed by atoms with Gasteiger partial charge in [0.25, 0.3) is 0 Å². The predicted octanol–water partition coefficient (Wildman–Crippen LogP) is 5.01. The third-order valence-electron chi connectivity index (χ3n) is 5.04. The van der Waals surface area contributed by atoms with Gasteiger partial charge in [-0.3, -0.25) is 9.59 Å². The van der Waals surface area contributed by atoms with E-state index < -0.39 is 6.04 Å². The van der Waals surface area contributed by atoms with Crippen molar-refractivity contribution in [2.45, 2.75) is 58.9 Å². The Balaban J connectivity index is 2.05. The van der Waals surface area contributed by atoms with Crippen LogP contribution in [-0.4, -0.2) is 35.1 Å². The average molecular weight is 445 g/mol. The molecule has 2 aromatic rings. The third kappa shape index (κ3) is 8.37. The van der Waals surface area contributed by atoms with Crippen molar-refractivity contribution in [1.29, 1.82) is 0 Å². The maximum atomic E-state index is 13.3. The molecule has 4 nitrogen and oxygen atoms in total. The Bertz CT molecular complexity index is 850. The van der Waals surface area contributed by atoms with Crippen molar-refractivity contribution in [3.05, 3.63) is 70.5 Å². The normalized spacial score (nSPS) is 11.8. The lowest BCUT2D eigenvalue weighted by Crippen LogP contribution is -2.48. The van der Waals surface area contributed by atoms with Crippen molar-refractivity contribution in [2.75, 3.05) is 12.3 Å². The van der Waals surface area contributed by atoms with Crippen LogP contribution in [0, 0.1) is 19.7 Å². The number of unbranched alkanes of at least 4 members (excludes halogenated alkanes) is 1. The van der Waals surface area contributed by atoms with Crippen LogP contribution in [0.15, 0.2) is 42.5 Å². The van der Waals surface area contributed by atoms with Crippen LogP contribution in [0.2, 0.25) is 0 Å². The number of benzene rings is 2. The molecule has 0 bridgehead atoms. The van der Waals surface area contributed by atoms with Crippen LogP contribution in [0.3, 0.4) is 0 Å². The van der Waals surface area contributed by atoms with Gasteiger partial charge in [-0.05, 0) is 50.5 Å². The number of thioether (sulfide) groups is 1. The Labute approximate surface area is 189 Å². The standard InChI is InChI=1S/C25H33FN2O2S/c1-5-6-11-27-25(30)20(4)28(15-21-7-9-23(26)10-8-21)24(29)17-31-16-22-13-18(2)12-19(3)14-22/h7-10,12-14,20H,5-6,11,15-17H2,1-4H3,(H,27,30). The summed E-state index contributed by atoms with van der Waals surface area (Å²) < 4.78 is 13.3. The second-order valence-electron chi connectivity index (χ2n) is 7.96. The minimum Gasteiger partial charge on any atom is -0.354 e. The first-order valence-corrected chi connectivity index (χ1v) is 11.9. The SMILES string of the molecule is CCCCNC(=O)C(C)N(Cc1ccc(F)cc1)C(=O)CSCc1cc(C)cc(C)c1.